The van der Waals surface area contributed by atoms with Crippen molar-refractivity contribution in [1.82, 2.24) is 5.32 Å². The fraction of sp³-hybridized carbons (Fsp3) is 0.538. The molecular weight excluding hydrogens is 218 g/mol. The molecule has 0 radical (unpaired) electrons. The summed E-state index contributed by atoms with van der Waals surface area (Å²) in [6.07, 6.45) is 0. The summed E-state index contributed by atoms with van der Waals surface area (Å²) >= 11 is 0. The maximum atomic E-state index is 9.25. The highest BCUT2D eigenvalue weighted by Crippen LogP contribution is 2.25. The summed E-state index contributed by atoms with van der Waals surface area (Å²) in [5.41, 5.74) is 0.309. The Morgan fingerprint density at radius 1 is 1.29 bits per heavy atom. The van der Waals surface area contributed by atoms with E-state index in [0.29, 0.717) is 0 Å². The quantitative estimate of drug-likeness (QED) is 0.695. The van der Waals surface area contributed by atoms with Crippen molar-refractivity contribution in [3.05, 3.63) is 29.8 Å². The van der Waals surface area contributed by atoms with Crippen LogP contribution in [0.4, 0.5) is 0 Å². The van der Waals surface area contributed by atoms with Crippen LogP contribution in [-0.2, 0) is 0 Å². The van der Waals surface area contributed by atoms with Crippen LogP contribution in [0.3, 0.4) is 0 Å². The van der Waals surface area contributed by atoms with Crippen molar-refractivity contribution in [2.75, 3.05) is 20.3 Å². The first kappa shape index (κ1) is 14.0. The Hall–Kier alpha value is -1.10. The molecule has 1 rings (SSSR count). The van der Waals surface area contributed by atoms with Crippen LogP contribution >= 0.6 is 0 Å². The van der Waals surface area contributed by atoms with Gasteiger partial charge < -0.3 is 20.3 Å². The zero-order chi connectivity index (χ0) is 12.9. The highest BCUT2D eigenvalue weighted by Gasteiger charge is 2.25. The smallest absolute Gasteiger partial charge is 0.123 e. The predicted octanol–water partition coefficient (Wildman–Crippen LogP) is 1.09. The SMILES string of the molecule is COc1ccccc1C(C)NC(C)(CO)CO. The first-order chi connectivity index (χ1) is 8.06. The van der Waals surface area contributed by atoms with Crippen molar-refractivity contribution < 1.29 is 14.9 Å². The van der Waals surface area contributed by atoms with Crippen molar-refractivity contribution in [2.24, 2.45) is 0 Å². The van der Waals surface area contributed by atoms with E-state index in [1.807, 2.05) is 31.2 Å². The first-order valence-electron chi connectivity index (χ1n) is 5.68. The van der Waals surface area contributed by atoms with E-state index in [0.717, 1.165) is 11.3 Å². The van der Waals surface area contributed by atoms with Crippen LogP contribution in [0.15, 0.2) is 24.3 Å². The van der Waals surface area contributed by atoms with Gasteiger partial charge in [-0.2, -0.15) is 0 Å². The van der Waals surface area contributed by atoms with Crippen molar-refractivity contribution >= 4 is 0 Å². The zero-order valence-electron chi connectivity index (χ0n) is 10.6. The molecule has 0 bridgehead atoms. The Kier molecular flexibility index (Phi) is 4.93. The van der Waals surface area contributed by atoms with Gasteiger partial charge in [-0.3, -0.25) is 0 Å². The maximum absolute atomic E-state index is 9.25. The summed E-state index contributed by atoms with van der Waals surface area (Å²) in [5.74, 6) is 0.797. The molecule has 3 N–H and O–H groups in total. The summed E-state index contributed by atoms with van der Waals surface area (Å²) in [5, 5.41) is 21.7. The van der Waals surface area contributed by atoms with E-state index in [1.165, 1.54) is 0 Å². The number of benzene rings is 1. The molecule has 4 nitrogen and oxygen atoms in total. The second-order valence-electron chi connectivity index (χ2n) is 4.48. The Morgan fingerprint density at radius 2 is 1.88 bits per heavy atom. The van der Waals surface area contributed by atoms with Gasteiger partial charge in [-0.15, -0.1) is 0 Å². The van der Waals surface area contributed by atoms with Gasteiger partial charge in [0.05, 0.1) is 25.9 Å². The largest absolute Gasteiger partial charge is 0.496 e. The van der Waals surface area contributed by atoms with Crippen LogP contribution in [0, 0.1) is 0 Å². The van der Waals surface area contributed by atoms with Gasteiger partial charge in [0.2, 0.25) is 0 Å². The van der Waals surface area contributed by atoms with Crippen LogP contribution in [0.2, 0.25) is 0 Å². The zero-order valence-corrected chi connectivity index (χ0v) is 10.6. The van der Waals surface area contributed by atoms with E-state index in [9.17, 15) is 10.2 Å². The van der Waals surface area contributed by atoms with Crippen LogP contribution in [0.1, 0.15) is 25.5 Å². The molecule has 0 heterocycles. The molecule has 1 aromatic carbocycles. The van der Waals surface area contributed by atoms with E-state index in [2.05, 4.69) is 5.32 Å². The molecule has 0 aromatic heterocycles. The summed E-state index contributed by atoms with van der Waals surface area (Å²) in [4.78, 5) is 0. The van der Waals surface area contributed by atoms with Gasteiger partial charge in [-0.05, 0) is 19.9 Å². The van der Waals surface area contributed by atoms with Gasteiger partial charge in [0.1, 0.15) is 5.75 Å². The molecule has 96 valence electrons. The minimum Gasteiger partial charge on any atom is -0.496 e. The van der Waals surface area contributed by atoms with Crippen molar-refractivity contribution in [1.29, 1.82) is 0 Å². The lowest BCUT2D eigenvalue weighted by Crippen LogP contribution is -2.49. The molecular formula is C13H21NO3. The topological polar surface area (TPSA) is 61.7 Å². The second-order valence-corrected chi connectivity index (χ2v) is 4.48. The van der Waals surface area contributed by atoms with Crippen LogP contribution in [-0.4, -0.2) is 36.1 Å². The molecule has 0 fully saturated rings. The summed E-state index contributed by atoms with van der Waals surface area (Å²) in [7, 11) is 1.63. The van der Waals surface area contributed by atoms with Crippen molar-refractivity contribution in [3.63, 3.8) is 0 Å². The molecule has 1 unspecified atom stereocenters. The lowest BCUT2D eigenvalue weighted by molar-refractivity contribution is 0.0954. The third kappa shape index (κ3) is 3.43. The van der Waals surface area contributed by atoms with E-state index in [4.69, 9.17) is 4.74 Å². The van der Waals surface area contributed by atoms with Crippen molar-refractivity contribution in [2.45, 2.75) is 25.4 Å². The molecule has 17 heavy (non-hydrogen) atoms. The summed E-state index contributed by atoms with van der Waals surface area (Å²) in [6.45, 7) is 3.51. The molecule has 0 aliphatic rings. The predicted molar refractivity (Wildman–Crippen MR) is 67.1 cm³/mol. The normalized spacial score (nSPS) is 13.5. The Labute approximate surface area is 102 Å². The van der Waals surface area contributed by atoms with Gasteiger partial charge >= 0.3 is 0 Å². The van der Waals surface area contributed by atoms with Crippen LogP contribution in [0.25, 0.3) is 0 Å². The van der Waals surface area contributed by atoms with E-state index >= 15 is 0 Å². The average Bonchev–Trinajstić information content (AvgIpc) is 2.38. The van der Waals surface area contributed by atoms with Gasteiger partial charge in [-0.1, -0.05) is 18.2 Å². The van der Waals surface area contributed by atoms with Gasteiger partial charge in [0.25, 0.3) is 0 Å². The highest BCUT2D eigenvalue weighted by atomic mass is 16.5. The van der Waals surface area contributed by atoms with Gasteiger partial charge in [0.15, 0.2) is 0 Å². The number of hydrogen-bond acceptors (Lipinski definition) is 4. The number of nitrogens with one attached hydrogen (secondary N) is 1. The number of rotatable bonds is 6. The van der Waals surface area contributed by atoms with Crippen LogP contribution < -0.4 is 10.1 Å². The molecule has 0 saturated carbocycles. The van der Waals surface area contributed by atoms with Gasteiger partial charge in [-0.25, -0.2) is 0 Å². The Bertz CT molecular complexity index is 350. The Morgan fingerprint density at radius 3 is 2.41 bits per heavy atom. The molecule has 0 amide bonds. The number of aliphatic hydroxyl groups excluding tert-OH is 2. The Balaban J connectivity index is 2.85. The lowest BCUT2D eigenvalue weighted by atomic mass is 10.00. The standard InChI is InChI=1S/C13H21NO3/c1-10(14-13(2,8-15)9-16)11-6-4-5-7-12(11)17-3/h4-7,10,14-16H,8-9H2,1-3H3. The minimum atomic E-state index is -0.694. The molecule has 0 saturated heterocycles. The number of hydrogen-bond donors (Lipinski definition) is 3. The first-order valence-corrected chi connectivity index (χ1v) is 5.68. The summed E-state index contributed by atoms with van der Waals surface area (Å²) < 4.78 is 5.28. The monoisotopic (exact) mass is 239 g/mol. The highest BCUT2D eigenvalue weighted by molar-refractivity contribution is 5.35. The maximum Gasteiger partial charge on any atom is 0.123 e. The number of methoxy groups -OCH3 is 1. The van der Waals surface area contributed by atoms with Crippen molar-refractivity contribution in [3.8, 4) is 5.75 Å². The molecule has 0 spiro atoms. The number of ether oxygens (including phenoxy) is 1. The number of para-hydroxylation sites is 1. The minimum absolute atomic E-state index is 0.0181. The van der Waals surface area contributed by atoms with Crippen LogP contribution in [0.5, 0.6) is 5.75 Å². The third-order valence-corrected chi connectivity index (χ3v) is 2.87. The molecule has 0 aliphatic carbocycles. The van der Waals surface area contributed by atoms with Gasteiger partial charge in [0, 0.05) is 11.6 Å². The van der Waals surface area contributed by atoms with E-state index in [-0.39, 0.29) is 19.3 Å². The molecule has 0 aliphatic heterocycles. The fourth-order valence-corrected chi connectivity index (χ4v) is 1.77. The lowest BCUT2D eigenvalue weighted by Gasteiger charge is -2.31. The molecule has 1 atom stereocenters. The third-order valence-electron chi connectivity index (χ3n) is 2.87. The summed E-state index contributed by atoms with van der Waals surface area (Å²) in [6, 6.07) is 7.68. The fourth-order valence-electron chi connectivity index (χ4n) is 1.77. The molecule has 4 heteroatoms. The average molecular weight is 239 g/mol. The van der Waals surface area contributed by atoms with E-state index in [1.54, 1.807) is 14.0 Å². The van der Waals surface area contributed by atoms with E-state index < -0.39 is 5.54 Å². The second kappa shape index (κ2) is 6.00. The number of aliphatic hydroxyl groups is 2. The molecule has 1 aromatic rings.